The van der Waals surface area contributed by atoms with E-state index < -0.39 is 0 Å². The summed E-state index contributed by atoms with van der Waals surface area (Å²) < 4.78 is 6.60. The molecular weight excluding hydrogens is 369 g/mol. The Labute approximate surface area is 134 Å². The maximum absolute atomic E-state index is 5.94. The summed E-state index contributed by atoms with van der Waals surface area (Å²) >= 11 is 20.2. The molecule has 0 fully saturated rings. The Morgan fingerprint density at radius 1 is 1.11 bits per heavy atom. The van der Waals surface area contributed by atoms with E-state index in [9.17, 15) is 0 Å². The summed E-state index contributed by atoms with van der Waals surface area (Å²) in [7, 11) is 0. The number of halogens is 3. The van der Waals surface area contributed by atoms with E-state index in [1.54, 1.807) is 30.3 Å². The van der Waals surface area contributed by atoms with E-state index in [0.717, 1.165) is 4.47 Å². The van der Waals surface area contributed by atoms with Crippen molar-refractivity contribution >= 4 is 56.3 Å². The zero-order valence-corrected chi connectivity index (χ0v) is 13.4. The number of ether oxygens (including phenoxy) is 1. The van der Waals surface area contributed by atoms with E-state index >= 15 is 0 Å². The Balaban J connectivity index is 2.37. The normalized spacial score (nSPS) is 10.3. The molecule has 0 saturated carbocycles. The van der Waals surface area contributed by atoms with Crippen molar-refractivity contribution < 1.29 is 4.74 Å². The van der Waals surface area contributed by atoms with Gasteiger partial charge in [0.05, 0.1) is 15.6 Å². The molecule has 0 aromatic heterocycles. The number of benzene rings is 2. The standard InChI is InChI=1S/C13H8BrCl2NOS/c14-7-1-4-12(9(5-7)13(17)19)18-8-2-3-10(15)11(16)6-8/h1-6H,(H2,17,19). The topological polar surface area (TPSA) is 35.2 Å². The third kappa shape index (κ3) is 3.60. The molecular formula is C13H8BrCl2NOS. The van der Waals surface area contributed by atoms with Gasteiger partial charge < -0.3 is 10.5 Å². The molecule has 0 unspecified atom stereocenters. The average molecular weight is 377 g/mol. The van der Waals surface area contributed by atoms with Crippen molar-refractivity contribution in [3.05, 3.63) is 56.5 Å². The van der Waals surface area contributed by atoms with Gasteiger partial charge in [-0.1, -0.05) is 51.3 Å². The first-order valence-electron chi connectivity index (χ1n) is 5.19. The van der Waals surface area contributed by atoms with Gasteiger partial charge in [-0.15, -0.1) is 0 Å². The largest absolute Gasteiger partial charge is 0.457 e. The average Bonchev–Trinajstić information content (AvgIpc) is 2.36. The zero-order chi connectivity index (χ0) is 14.0. The second-order valence-electron chi connectivity index (χ2n) is 3.68. The van der Waals surface area contributed by atoms with Crippen LogP contribution >= 0.6 is 51.3 Å². The fourth-order valence-electron chi connectivity index (χ4n) is 1.45. The molecule has 0 spiro atoms. The minimum atomic E-state index is 0.261. The molecule has 2 aromatic carbocycles. The van der Waals surface area contributed by atoms with Gasteiger partial charge in [0.15, 0.2) is 0 Å². The number of hydrogen-bond acceptors (Lipinski definition) is 2. The first-order valence-corrected chi connectivity index (χ1v) is 7.15. The lowest BCUT2D eigenvalue weighted by atomic mass is 10.2. The van der Waals surface area contributed by atoms with E-state index in [1.165, 1.54) is 0 Å². The summed E-state index contributed by atoms with van der Waals surface area (Å²) in [6.45, 7) is 0. The Morgan fingerprint density at radius 3 is 2.47 bits per heavy atom. The van der Waals surface area contributed by atoms with Crippen molar-refractivity contribution in [2.45, 2.75) is 0 Å². The highest BCUT2D eigenvalue weighted by Crippen LogP contribution is 2.32. The van der Waals surface area contributed by atoms with Crippen LogP contribution in [0.4, 0.5) is 0 Å². The van der Waals surface area contributed by atoms with Crippen LogP contribution in [0.5, 0.6) is 11.5 Å². The fourth-order valence-corrected chi connectivity index (χ4v) is 2.26. The molecule has 0 atom stereocenters. The molecule has 0 radical (unpaired) electrons. The van der Waals surface area contributed by atoms with Crippen LogP contribution in [-0.4, -0.2) is 4.99 Å². The molecule has 0 aliphatic carbocycles. The van der Waals surface area contributed by atoms with Crippen LogP contribution in [0.2, 0.25) is 10.0 Å². The Kier molecular flexibility index (Phi) is 4.68. The summed E-state index contributed by atoms with van der Waals surface area (Å²) in [5.41, 5.74) is 6.32. The monoisotopic (exact) mass is 375 g/mol. The lowest BCUT2D eigenvalue weighted by molar-refractivity contribution is 0.481. The molecule has 19 heavy (non-hydrogen) atoms. The smallest absolute Gasteiger partial charge is 0.137 e. The summed E-state index contributed by atoms with van der Waals surface area (Å²) in [5.74, 6) is 1.13. The molecule has 0 amide bonds. The molecule has 2 nitrogen and oxygen atoms in total. The van der Waals surface area contributed by atoms with Gasteiger partial charge >= 0.3 is 0 Å². The predicted octanol–water partition coefficient (Wildman–Crippen LogP) is 5.18. The highest BCUT2D eigenvalue weighted by atomic mass is 79.9. The second kappa shape index (κ2) is 6.09. The zero-order valence-electron chi connectivity index (χ0n) is 9.49. The van der Waals surface area contributed by atoms with Gasteiger partial charge in [-0.05, 0) is 30.3 Å². The second-order valence-corrected chi connectivity index (χ2v) is 5.85. The molecule has 0 saturated heterocycles. The fraction of sp³-hybridized carbons (Fsp3) is 0. The third-order valence-electron chi connectivity index (χ3n) is 2.33. The molecule has 0 aliphatic heterocycles. The van der Waals surface area contributed by atoms with Crippen molar-refractivity contribution in [1.82, 2.24) is 0 Å². The van der Waals surface area contributed by atoms with Crippen LogP contribution in [0.1, 0.15) is 5.56 Å². The van der Waals surface area contributed by atoms with Gasteiger partial charge in [-0.25, -0.2) is 0 Å². The molecule has 98 valence electrons. The van der Waals surface area contributed by atoms with E-state index in [-0.39, 0.29) is 4.99 Å². The molecule has 0 heterocycles. The highest BCUT2D eigenvalue weighted by Gasteiger charge is 2.09. The van der Waals surface area contributed by atoms with Crippen molar-refractivity contribution in [3.63, 3.8) is 0 Å². The summed E-state index contributed by atoms with van der Waals surface area (Å²) in [4.78, 5) is 0.261. The molecule has 0 bridgehead atoms. The highest BCUT2D eigenvalue weighted by molar-refractivity contribution is 9.10. The van der Waals surface area contributed by atoms with Crippen molar-refractivity contribution in [3.8, 4) is 11.5 Å². The van der Waals surface area contributed by atoms with E-state index in [0.29, 0.717) is 27.1 Å². The van der Waals surface area contributed by atoms with Crippen molar-refractivity contribution in [2.75, 3.05) is 0 Å². The van der Waals surface area contributed by atoms with Gasteiger partial charge in [0.25, 0.3) is 0 Å². The summed E-state index contributed by atoms with van der Waals surface area (Å²) in [6.07, 6.45) is 0. The SMILES string of the molecule is NC(=S)c1cc(Br)ccc1Oc1ccc(Cl)c(Cl)c1. The Morgan fingerprint density at radius 2 is 1.84 bits per heavy atom. The van der Waals surface area contributed by atoms with Crippen LogP contribution in [0.25, 0.3) is 0 Å². The molecule has 2 N–H and O–H groups in total. The van der Waals surface area contributed by atoms with Gasteiger partial charge in [0.1, 0.15) is 16.5 Å². The van der Waals surface area contributed by atoms with Crippen molar-refractivity contribution in [2.24, 2.45) is 5.73 Å². The van der Waals surface area contributed by atoms with E-state index in [1.807, 2.05) is 6.07 Å². The lowest BCUT2D eigenvalue weighted by Crippen LogP contribution is -2.10. The number of rotatable bonds is 3. The van der Waals surface area contributed by atoms with Gasteiger partial charge in [0, 0.05) is 10.5 Å². The molecule has 2 aromatic rings. The first-order chi connectivity index (χ1) is 8.97. The van der Waals surface area contributed by atoms with Crippen LogP contribution in [0.3, 0.4) is 0 Å². The first kappa shape index (κ1) is 14.6. The number of nitrogens with two attached hydrogens (primary N) is 1. The van der Waals surface area contributed by atoms with Crippen LogP contribution in [0, 0.1) is 0 Å². The molecule has 0 aliphatic rings. The minimum absolute atomic E-state index is 0.261. The van der Waals surface area contributed by atoms with Crippen LogP contribution < -0.4 is 10.5 Å². The van der Waals surface area contributed by atoms with Crippen molar-refractivity contribution in [1.29, 1.82) is 0 Å². The van der Waals surface area contributed by atoms with Gasteiger partial charge in [-0.3, -0.25) is 0 Å². The third-order valence-corrected chi connectivity index (χ3v) is 3.78. The Bertz CT molecular complexity index is 649. The number of hydrogen-bond donors (Lipinski definition) is 1. The van der Waals surface area contributed by atoms with E-state index in [2.05, 4.69) is 15.9 Å². The van der Waals surface area contributed by atoms with Gasteiger partial charge in [-0.2, -0.15) is 0 Å². The maximum Gasteiger partial charge on any atom is 0.137 e. The van der Waals surface area contributed by atoms with Crippen LogP contribution in [0.15, 0.2) is 40.9 Å². The quantitative estimate of drug-likeness (QED) is 0.749. The summed E-state index contributed by atoms with van der Waals surface area (Å²) in [5, 5.41) is 0.896. The number of thiocarbonyl (C=S) groups is 1. The van der Waals surface area contributed by atoms with Crippen LogP contribution in [-0.2, 0) is 0 Å². The predicted molar refractivity (Wildman–Crippen MR) is 86.6 cm³/mol. The lowest BCUT2D eigenvalue weighted by Gasteiger charge is -2.11. The molecule has 6 heteroatoms. The Hall–Kier alpha value is -0.810. The summed E-state index contributed by atoms with van der Waals surface area (Å²) in [6, 6.07) is 10.4. The minimum Gasteiger partial charge on any atom is -0.457 e. The van der Waals surface area contributed by atoms with E-state index in [4.69, 9.17) is 45.9 Å². The molecule has 2 rings (SSSR count). The van der Waals surface area contributed by atoms with Gasteiger partial charge in [0.2, 0.25) is 0 Å². The maximum atomic E-state index is 5.94.